The van der Waals surface area contributed by atoms with Gasteiger partial charge in [0, 0.05) is 17.8 Å². The minimum Gasteiger partial charge on any atom is -0.479 e. The van der Waals surface area contributed by atoms with Crippen LogP contribution in [0.3, 0.4) is 0 Å². The molecule has 9 nitrogen and oxygen atoms in total. The Morgan fingerprint density at radius 1 is 1.28 bits per heavy atom. The summed E-state index contributed by atoms with van der Waals surface area (Å²) >= 11 is 3.37. The molecule has 0 spiro atoms. The van der Waals surface area contributed by atoms with Crippen LogP contribution in [0.25, 0.3) is 17.0 Å². The molecule has 0 aliphatic heterocycles. The minimum absolute atomic E-state index is 0.130. The van der Waals surface area contributed by atoms with Crippen LogP contribution >= 0.6 is 15.9 Å². The van der Waals surface area contributed by atoms with Crippen molar-refractivity contribution in [3.8, 4) is 11.8 Å². The lowest BCUT2D eigenvalue weighted by Gasteiger charge is -2.16. The molecule has 3 aromatic heterocycles. The van der Waals surface area contributed by atoms with E-state index in [0.717, 1.165) is 6.07 Å². The van der Waals surface area contributed by atoms with E-state index < -0.39 is 23.6 Å². The van der Waals surface area contributed by atoms with E-state index in [1.165, 1.54) is 41.0 Å². The summed E-state index contributed by atoms with van der Waals surface area (Å²) in [5.41, 5.74) is 1.26. The van der Waals surface area contributed by atoms with Crippen LogP contribution in [0.2, 0.25) is 0 Å². The van der Waals surface area contributed by atoms with Gasteiger partial charge in [0.2, 0.25) is 5.88 Å². The van der Waals surface area contributed by atoms with Gasteiger partial charge in [-0.1, -0.05) is 6.07 Å². The molecule has 0 amide bonds. The molecule has 0 saturated carbocycles. The molecular weight excluding hydrogens is 490 g/mol. The number of carbonyl (C=O) groups is 1. The Labute approximate surface area is 189 Å². The molecule has 0 radical (unpaired) electrons. The number of esters is 1. The summed E-state index contributed by atoms with van der Waals surface area (Å²) in [6, 6.07) is 2.74. The first-order valence-corrected chi connectivity index (χ1v) is 10.3. The third-order valence-corrected chi connectivity index (χ3v) is 5.27. The summed E-state index contributed by atoms with van der Waals surface area (Å²) in [7, 11) is 1.42. The van der Waals surface area contributed by atoms with Gasteiger partial charge < -0.3 is 9.47 Å². The fourth-order valence-corrected chi connectivity index (χ4v) is 3.66. The average Bonchev–Trinajstić information content (AvgIpc) is 3.38. The molecule has 1 atom stereocenters. The zero-order valence-corrected chi connectivity index (χ0v) is 18.8. The molecule has 0 aliphatic carbocycles. The first-order chi connectivity index (χ1) is 15.3. The normalized spacial score (nSPS) is 12.2. The Morgan fingerprint density at radius 2 is 2.06 bits per heavy atom. The zero-order valence-electron chi connectivity index (χ0n) is 17.2. The second kappa shape index (κ2) is 8.61. The van der Waals surface area contributed by atoms with Crippen LogP contribution in [0, 0.1) is 11.6 Å². The van der Waals surface area contributed by atoms with Gasteiger partial charge in [-0.2, -0.15) is 15.2 Å². The van der Waals surface area contributed by atoms with E-state index in [4.69, 9.17) is 9.47 Å². The number of carbonyl (C=O) groups excluding carboxylic acids is 1. The molecule has 4 rings (SSSR count). The standard InChI is InChI=1S/C20H17BrF2N6O3/c1-4-32-19(30)11-8-24-28(9-11)20-25-15-16(18(26-20)31-3)29(27-17(15)21)10(2)13-6-5-12(22)7-14(13)23/h5-10H,4H2,1-3H3/t10-/m0/s1. The van der Waals surface area contributed by atoms with E-state index in [1.807, 2.05) is 0 Å². The molecule has 4 aromatic rings. The Kier molecular flexibility index (Phi) is 5.87. The van der Waals surface area contributed by atoms with Gasteiger partial charge in [-0.25, -0.2) is 27.9 Å². The quantitative estimate of drug-likeness (QED) is 0.366. The van der Waals surface area contributed by atoms with Crippen molar-refractivity contribution in [1.82, 2.24) is 29.5 Å². The molecule has 0 fully saturated rings. The maximum absolute atomic E-state index is 14.4. The first kappa shape index (κ1) is 21.8. The Morgan fingerprint density at radius 3 is 2.75 bits per heavy atom. The third kappa shape index (κ3) is 3.81. The maximum atomic E-state index is 14.4. The highest BCUT2D eigenvalue weighted by Crippen LogP contribution is 2.33. The molecule has 32 heavy (non-hydrogen) atoms. The number of halogens is 3. The van der Waals surface area contributed by atoms with Crippen molar-refractivity contribution in [1.29, 1.82) is 0 Å². The second-order valence-corrected chi connectivity index (χ2v) is 7.45. The van der Waals surface area contributed by atoms with Crippen molar-refractivity contribution in [2.45, 2.75) is 19.9 Å². The summed E-state index contributed by atoms with van der Waals surface area (Å²) in [5, 5.41) is 8.54. The molecular formula is C20H17BrF2N6O3. The lowest BCUT2D eigenvalue weighted by molar-refractivity contribution is 0.0526. The molecule has 1 aromatic carbocycles. The fourth-order valence-electron chi connectivity index (χ4n) is 3.21. The number of aromatic nitrogens is 6. The van der Waals surface area contributed by atoms with Gasteiger partial charge in [0.05, 0.1) is 31.5 Å². The summed E-state index contributed by atoms with van der Waals surface area (Å²) in [5.74, 6) is -1.60. The van der Waals surface area contributed by atoms with Crippen molar-refractivity contribution in [3.05, 3.63) is 58.0 Å². The number of hydrogen-bond acceptors (Lipinski definition) is 7. The van der Waals surface area contributed by atoms with Crippen molar-refractivity contribution >= 4 is 32.9 Å². The topological polar surface area (TPSA) is 96.9 Å². The van der Waals surface area contributed by atoms with Gasteiger partial charge in [0.25, 0.3) is 5.95 Å². The number of nitrogens with zero attached hydrogens (tertiary/aromatic N) is 6. The van der Waals surface area contributed by atoms with E-state index in [-0.39, 0.29) is 29.6 Å². The molecule has 3 heterocycles. The van der Waals surface area contributed by atoms with Crippen molar-refractivity contribution < 1.29 is 23.0 Å². The predicted octanol–water partition coefficient (Wildman–Crippen LogP) is 3.85. The Balaban J connectivity index is 1.82. The summed E-state index contributed by atoms with van der Waals surface area (Å²) in [6.45, 7) is 3.65. The van der Waals surface area contributed by atoms with Gasteiger partial charge in [-0.3, -0.25) is 0 Å². The van der Waals surface area contributed by atoms with E-state index in [2.05, 4.69) is 36.1 Å². The molecule has 12 heteroatoms. The average molecular weight is 507 g/mol. The highest BCUT2D eigenvalue weighted by molar-refractivity contribution is 9.10. The highest BCUT2D eigenvalue weighted by atomic mass is 79.9. The summed E-state index contributed by atoms with van der Waals surface area (Å²) < 4.78 is 41.3. The monoisotopic (exact) mass is 506 g/mol. The van der Waals surface area contributed by atoms with E-state index in [0.29, 0.717) is 15.6 Å². The van der Waals surface area contributed by atoms with Gasteiger partial charge in [0.15, 0.2) is 10.1 Å². The van der Waals surface area contributed by atoms with Crippen LogP contribution in [-0.2, 0) is 4.74 Å². The SMILES string of the molecule is CCOC(=O)c1cnn(-c2nc(OC)c3c(n2)c(Br)nn3[C@@H](C)c2ccc(F)cc2F)c1. The molecule has 0 saturated heterocycles. The molecule has 166 valence electrons. The molecule has 0 bridgehead atoms. The lowest BCUT2D eigenvalue weighted by atomic mass is 10.1. The van der Waals surface area contributed by atoms with E-state index in [1.54, 1.807) is 13.8 Å². The van der Waals surface area contributed by atoms with Crippen molar-refractivity contribution in [2.75, 3.05) is 13.7 Å². The number of benzene rings is 1. The number of fused-ring (bicyclic) bond motifs is 1. The predicted molar refractivity (Wildman–Crippen MR) is 113 cm³/mol. The Bertz CT molecular complexity index is 1320. The summed E-state index contributed by atoms with van der Waals surface area (Å²) in [4.78, 5) is 20.8. The van der Waals surface area contributed by atoms with Crippen LogP contribution < -0.4 is 4.74 Å². The third-order valence-electron chi connectivity index (χ3n) is 4.73. The van der Waals surface area contributed by atoms with Gasteiger partial charge >= 0.3 is 5.97 Å². The lowest BCUT2D eigenvalue weighted by Crippen LogP contribution is -2.12. The van der Waals surface area contributed by atoms with Crippen LogP contribution in [0.5, 0.6) is 5.88 Å². The van der Waals surface area contributed by atoms with E-state index >= 15 is 0 Å². The van der Waals surface area contributed by atoms with Crippen LogP contribution in [0.4, 0.5) is 8.78 Å². The number of methoxy groups -OCH3 is 1. The van der Waals surface area contributed by atoms with Crippen molar-refractivity contribution in [3.63, 3.8) is 0 Å². The fraction of sp³-hybridized carbons (Fsp3) is 0.250. The van der Waals surface area contributed by atoms with Gasteiger partial charge in [-0.15, -0.1) is 0 Å². The van der Waals surface area contributed by atoms with Crippen LogP contribution in [0.15, 0.2) is 35.2 Å². The van der Waals surface area contributed by atoms with E-state index in [9.17, 15) is 13.6 Å². The number of hydrogen-bond donors (Lipinski definition) is 0. The number of rotatable bonds is 6. The van der Waals surface area contributed by atoms with Crippen LogP contribution in [-0.4, -0.2) is 49.2 Å². The Hall–Kier alpha value is -3.41. The first-order valence-electron chi connectivity index (χ1n) is 9.50. The number of ether oxygens (including phenoxy) is 2. The minimum atomic E-state index is -0.697. The maximum Gasteiger partial charge on any atom is 0.341 e. The van der Waals surface area contributed by atoms with Gasteiger partial charge in [0.1, 0.15) is 17.2 Å². The molecule has 0 unspecified atom stereocenters. The molecule has 0 N–H and O–H groups in total. The zero-order chi connectivity index (χ0) is 23.0. The highest BCUT2D eigenvalue weighted by Gasteiger charge is 2.24. The molecule has 0 aliphatic rings. The smallest absolute Gasteiger partial charge is 0.341 e. The largest absolute Gasteiger partial charge is 0.479 e. The van der Waals surface area contributed by atoms with Crippen LogP contribution in [0.1, 0.15) is 35.8 Å². The second-order valence-electron chi connectivity index (χ2n) is 6.70. The van der Waals surface area contributed by atoms with Gasteiger partial charge in [-0.05, 0) is 35.8 Å². The van der Waals surface area contributed by atoms with Crippen molar-refractivity contribution in [2.24, 2.45) is 0 Å². The summed E-state index contributed by atoms with van der Waals surface area (Å²) in [6.07, 6.45) is 2.78.